The molecule has 0 bridgehead atoms. The molecule has 1 aliphatic rings. The highest BCUT2D eigenvalue weighted by Crippen LogP contribution is 2.31. The first kappa shape index (κ1) is 13.4. The lowest BCUT2D eigenvalue weighted by molar-refractivity contribution is 0.128. The Morgan fingerprint density at radius 3 is 2.50 bits per heavy atom. The molecule has 0 aliphatic heterocycles. The van der Waals surface area contributed by atoms with Gasteiger partial charge < -0.3 is 10.5 Å². The quantitative estimate of drug-likeness (QED) is 0.871. The van der Waals surface area contributed by atoms with Crippen molar-refractivity contribution in [2.75, 3.05) is 0 Å². The molecule has 1 aromatic rings. The first-order valence-corrected chi connectivity index (χ1v) is 7.21. The van der Waals surface area contributed by atoms with E-state index in [-0.39, 0.29) is 6.04 Å². The van der Waals surface area contributed by atoms with E-state index in [4.69, 9.17) is 10.5 Å². The molecule has 0 heterocycles. The normalized spacial score (nSPS) is 25.7. The van der Waals surface area contributed by atoms with Crippen LogP contribution in [0.1, 0.15) is 57.6 Å². The molecule has 1 aliphatic carbocycles. The van der Waals surface area contributed by atoms with Crippen molar-refractivity contribution in [3.05, 3.63) is 29.8 Å². The summed E-state index contributed by atoms with van der Waals surface area (Å²) in [6, 6.07) is 8.20. The Kier molecular flexibility index (Phi) is 4.65. The van der Waals surface area contributed by atoms with Crippen LogP contribution in [0.2, 0.25) is 0 Å². The zero-order chi connectivity index (χ0) is 13.0. The fourth-order valence-electron chi connectivity index (χ4n) is 2.80. The van der Waals surface area contributed by atoms with Crippen LogP contribution in [-0.2, 0) is 0 Å². The lowest BCUT2D eigenvalue weighted by Crippen LogP contribution is -2.24. The minimum Gasteiger partial charge on any atom is -0.490 e. The molecule has 1 fully saturated rings. The predicted molar refractivity (Wildman–Crippen MR) is 75.7 cm³/mol. The summed E-state index contributed by atoms with van der Waals surface area (Å²) in [7, 11) is 0. The minimum atomic E-state index is 0.0354. The van der Waals surface area contributed by atoms with E-state index in [1.54, 1.807) is 0 Å². The van der Waals surface area contributed by atoms with Crippen LogP contribution < -0.4 is 10.5 Å². The van der Waals surface area contributed by atoms with Crippen molar-refractivity contribution in [2.24, 2.45) is 11.7 Å². The van der Waals surface area contributed by atoms with Crippen LogP contribution in [0.15, 0.2) is 24.3 Å². The average molecular weight is 247 g/mol. The molecule has 1 aromatic carbocycles. The van der Waals surface area contributed by atoms with Gasteiger partial charge in [0.25, 0.3) is 0 Å². The Morgan fingerprint density at radius 2 is 1.89 bits per heavy atom. The second-order valence-corrected chi connectivity index (χ2v) is 5.50. The average Bonchev–Trinajstić information content (AvgIpc) is 2.40. The molecular weight excluding hydrogens is 222 g/mol. The van der Waals surface area contributed by atoms with Gasteiger partial charge in [0.1, 0.15) is 5.75 Å². The number of rotatable bonds is 4. The first-order valence-electron chi connectivity index (χ1n) is 7.21. The summed E-state index contributed by atoms with van der Waals surface area (Å²) in [4.78, 5) is 0. The summed E-state index contributed by atoms with van der Waals surface area (Å²) in [5, 5.41) is 0. The van der Waals surface area contributed by atoms with Gasteiger partial charge in [0.15, 0.2) is 0 Å². The zero-order valence-electron chi connectivity index (χ0n) is 11.6. The summed E-state index contributed by atoms with van der Waals surface area (Å²) in [6.45, 7) is 4.30. The molecule has 100 valence electrons. The van der Waals surface area contributed by atoms with Gasteiger partial charge in [-0.25, -0.2) is 0 Å². The van der Waals surface area contributed by atoms with Crippen molar-refractivity contribution in [3.8, 4) is 5.75 Å². The minimum absolute atomic E-state index is 0.0354. The maximum Gasteiger partial charge on any atom is 0.124 e. The number of nitrogens with two attached hydrogens (primary N) is 1. The van der Waals surface area contributed by atoms with E-state index in [0.717, 1.165) is 17.2 Å². The molecule has 0 aromatic heterocycles. The third-order valence-electron chi connectivity index (χ3n) is 4.07. The molecule has 0 amide bonds. The van der Waals surface area contributed by atoms with Crippen LogP contribution >= 0.6 is 0 Å². The van der Waals surface area contributed by atoms with Crippen molar-refractivity contribution in [3.63, 3.8) is 0 Å². The Labute approximate surface area is 111 Å². The Hall–Kier alpha value is -1.02. The van der Waals surface area contributed by atoms with Gasteiger partial charge in [0.05, 0.1) is 6.10 Å². The molecule has 0 unspecified atom stereocenters. The highest BCUT2D eigenvalue weighted by atomic mass is 16.5. The van der Waals surface area contributed by atoms with Crippen molar-refractivity contribution in [1.29, 1.82) is 0 Å². The van der Waals surface area contributed by atoms with Gasteiger partial charge in [-0.15, -0.1) is 0 Å². The van der Waals surface area contributed by atoms with Crippen molar-refractivity contribution >= 4 is 0 Å². The summed E-state index contributed by atoms with van der Waals surface area (Å²) in [5.74, 6) is 1.89. The Morgan fingerprint density at radius 1 is 1.22 bits per heavy atom. The van der Waals surface area contributed by atoms with Crippen LogP contribution in [0, 0.1) is 5.92 Å². The molecule has 2 heteroatoms. The summed E-state index contributed by atoms with van der Waals surface area (Å²) in [5.41, 5.74) is 7.10. The second-order valence-electron chi connectivity index (χ2n) is 5.50. The van der Waals surface area contributed by atoms with Gasteiger partial charge in [-0.3, -0.25) is 0 Å². The van der Waals surface area contributed by atoms with Crippen molar-refractivity contribution in [2.45, 2.75) is 58.1 Å². The van der Waals surface area contributed by atoms with Crippen LogP contribution in [-0.4, -0.2) is 6.10 Å². The lowest BCUT2D eigenvalue weighted by atomic mass is 9.86. The van der Waals surface area contributed by atoms with Crippen LogP contribution in [0.4, 0.5) is 0 Å². The lowest BCUT2D eigenvalue weighted by Gasteiger charge is -2.29. The van der Waals surface area contributed by atoms with Crippen LogP contribution in [0.25, 0.3) is 0 Å². The van der Waals surface area contributed by atoms with Crippen molar-refractivity contribution in [1.82, 2.24) is 0 Å². The van der Waals surface area contributed by atoms with E-state index < -0.39 is 0 Å². The number of benzene rings is 1. The molecule has 2 rings (SSSR count). The number of para-hydroxylation sites is 1. The van der Waals surface area contributed by atoms with Gasteiger partial charge in [-0.1, -0.05) is 31.5 Å². The van der Waals surface area contributed by atoms with E-state index >= 15 is 0 Å². The maximum absolute atomic E-state index is 6.16. The van der Waals surface area contributed by atoms with Crippen LogP contribution in [0.3, 0.4) is 0 Å². The number of hydrogen-bond acceptors (Lipinski definition) is 2. The third-order valence-corrected chi connectivity index (χ3v) is 4.07. The van der Waals surface area contributed by atoms with Gasteiger partial charge in [-0.2, -0.15) is 0 Å². The van der Waals surface area contributed by atoms with Gasteiger partial charge in [0.2, 0.25) is 0 Å². The first-order chi connectivity index (χ1) is 8.70. The van der Waals surface area contributed by atoms with E-state index in [1.165, 1.54) is 32.1 Å². The van der Waals surface area contributed by atoms with Gasteiger partial charge in [-0.05, 0) is 44.6 Å². The van der Waals surface area contributed by atoms with E-state index in [9.17, 15) is 0 Å². The molecule has 2 N–H and O–H groups in total. The fraction of sp³-hybridized carbons (Fsp3) is 0.625. The molecular formula is C16H25NO. The van der Waals surface area contributed by atoms with Gasteiger partial charge in [0, 0.05) is 11.6 Å². The molecule has 18 heavy (non-hydrogen) atoms. The highest BCUT2D eigenvalue weighted by Gasteiger charge is 2.22. The van der Waals surface area contributed by atoms with E-state index in [1.807, 2.05) is 25.1 Å². The smallest absolute Gasteiger partial charge is 0.124 e. The predicted octanol–water partition coefficient (Wildman–Crippen LogP) is 4.05. The Balaban J connectivity index is 1.98. The summed E-state index contributed by atoms with van der Waals surface area (Å²) >= 11 is 0. The zero-order valence-corrected chi connectivity index (χ0v) is 11.6. The summed E-state index contributed by atoms with van der Waals surface area (Å²) < 4.78 is 6.16. The summed E-state index contributed by atoms with van der Waals surface area (Å²) in [6.07, 6.45) is 6.68. The highest BCUT2D eigenvalue weighted by molar-refractivity contribution is 5.35. The molecule has 1 atom stereocenters. The number of hydrogen-bond donors (Lipinski definition) is 1. The SMILES string of the molecule is CCC1CCC(Oc2ccccc2[C@@H](C)N)CC1. The maximum atomic E-state index is 6.16. The number of ether oxygens (including phenoxy) is 1. The monoisotopic (exact) mass is 247 g/mol. The second kappa shape index (κ2) is 6.24. The molecule has 2 nitrogen and oxygen atoms in total. The van der Waals surface area contributed by atoms with E-state index in [0.29, 0.717) is 6.10 Å². The fourth-order valence-corrected chi connectivity index (χ4v) is 2.80. The van der Waals surface area contributed by atoms with E-state index in [2.05, 4.69) is 13.0 Å². The van der Waals surface area contributed by atoms with Crippen LogP contribution in [0.5, 0.6) is 5.75 Å². The molecule has 0 spiro atoms. The standard InChI is InChI=1S/C16H25NO/c1-3-13-8-10-14(11-9-13)18-16-7-5-4-6-15(16)12(2)17/h4-7,12-14H,3,8-11,17H2,1-2H3/t12-,13?,14?/m1/s1. The molecule has 1 saturated carbocycles. The van der Waals surface area contributed by atoms with Gasteiger partial charge >= 0.3 is 0 Å². The van der Waals surface area contributed by atoms with Crippen molar-refractivity contribution < 1.29 is 4.74 Å². The Bertz CT molecular complexity index is 367. The topological polar surface area (TPSA) is 35.2 Å². The molecule has 0 radical (unpaired) electrons. The molecule has 0 saturated heterocycles. The largest absolute Gasteiger partial charge is 0.490 e. The third kappa shape index (κ3) is 3.26.